The topological polar surface area (TPSA) is 0 Å². The molecule has 0 aromatic heterocycles. The van der Waals surface area contributed by atoms with Crippen LogP contribution in [-0.4, -0.2) is 6.26 Å². The predicted molar refractivity (Wildman–Crippen MR) is 53.7 cm³/mol. The monoisotopic (exact) mass is 274 g/mol. The highest BCUT2D eigenvalue weighted by Crippen LogP contribution is 2.36. The lowest BCUT2D eigenvalue weighted by atomic mass is 10.1. The number of halogens is 6. The molecule has 0 aliphatic heterocycles. The van der Waals surface area contributed by atoms with Crippen molar-refractivity contribution in [3.8, 4) is 0 Å². The Kier molecular flexibility index (Phi) is 4.01. The van der Waals surface area contributed by atoms with Crippen molar-refractivity contribution in [3.05, 3.63) is 34.9 Å². The molecule has 0 radical (unpaired) electrons. The van der Waals surface area contributed by atoms with Gasteiger partial charge in [-0.1, -0.05) is 0 Å². The summed E-state index contributed by atoms with van der Waals surface area (Å²) in [4.78, 5) is 0. The maximum atomic E-state index is 12.4. The van der Waals surface area contributed by atoms with E-state index in [1.54, 1.807) is 6.26 Å². The highest BCUT2D eigenvalue weighted by atomic mass is 32.2. The number of hydrogen-bond donors (Lipinski definition) is 0. The normalized spacial score (nSPS) is 12.9. The van der Waals surface area contributed by atoms with E-state index >= 15 is 0 Å². The highest BCUT2D eigenvalue weighted by molar-refractivity contribution is 7.97. The zero-order chi connectivity index (χ0) is 13.3. The third-order valence-corrected chi connectivity index (χ3v) is 2.58. The second kappa shape index (κ2) is 4.80. The molecule has 96 valence electrons. The molecule has 0 amide bonds. The molecule has 1 rings (SSSR count). The van der Waals surface area contributed by atoms with Crippen LogP contribution in [-0.2, 0) is 18.1 Å². The second-order valence-corrected chi connectivity index (χ2v) is 4.21. The van der Waals surface area contributed by atoms with E-state index in [9.17, 15) is 26.3 Å². The summed E-state index contributed by atoms with van der Waals surface area (Å²) in [7, 11) is 0. The number of rotatable bonds is 2. The quantitative estimate of drug-likeness (QED) is 0.711. The van der Waals surface area contributed by atoms with Gasteiger partial charge in [0.2, 0.25) is 0 Å². The van der Waals surface area contributed by atoms with E-state index in [1.807, 2.05) is 0 Å². The van der Waals surface area contributed by atoms with Gasteiger partial charge in [0.15, 0.2) is 0 Å². The van der Waals surface area contributed by atoms with Gasteiger partial charge in [-0.2, -0.15) is 38.1 Å². The lowest BCUT2D eigenvalue weighted by Gasteiger charge is -2.13. The van der Waals surface area contributed by atoms with E-state index in [1.165, 1.54) is 0 Å². The third kappa shape index (κ3) is 3.83. The summed E-state index contributed by atoms with van der Waals surface area (Å²) < 4.78 is 74.4. The molecule has 0 atom stereocenters. The fraction of sp³-hybridized carbons (Fsp3) is 0.400. The van der Waals surface area contributed by atoms with Gasteiger partial charge < -0.3 is 0 Å². The van der Waals surface area contributed by atoms with Crippen LogP contribution in [0.25, 0.3) is 0 Å². The minimum Gasteiger partial charge on any atom is -0.166 e. The molecule has 0 spiro atoms. The number of alkyl halides is 6. The van der Waals surface area contributed by atoms with Crippen molar-refractivity contribution in [2.75, 3.05) is 6.26 Å². The molecule has 7 heteroatoms. The van der Waals surface area contributed by atoms with Crippen molar-refractivity contribution in [3.63, 3.8) is 0 Å². The van der Waals surface area contributed by atoms with E-state index in [0.29, 0.717) is 0 Å². The zero-order valence-electron chi connectivity index (χ0n) is 8.62. The van der Waals surface area contributed by atoms with Gasteiger partial charge in [-0.3, -0.25) is 0 Å². The summed E-state index contributed by atoms with van der Waals surface area (Å²) in [5, 5.41) is 0. The molecule has 17 heavy (non-hydrogen) atoms. The van der Waals surface area contributed by atoms with Crippen LogP contribution in [0.5, 0.6) is 0 Å². The molecule has 0 nitrogen and oxygen atoms in total. The maximum absolute atomic E-state index is 12.4. The summed E-state index contributed by atoms with van der Waals surface area (Å²) >= 11 is 1.16. The Labute approximate surface area is 98.0 Å². The molecular formula is C10H8F6S. The molecule has 0 bridgehead atoms. The van der Waals surface area contributed by atoms with E-state index in [-0.39, 0.29) is 17.4 Å². The largest absolute Gasteiger partial charge is 0.416 e. The smallest absolute Gasteiger partial charge is 0.166 e. The fourth-order valence-electron chi connectivity index (χ4n) is 1.27. The van der Waals surface area contributed by atoms with Gasteiger partial charge in [0.1, 0.15) is 0 Å². The van der Waals surface area contributed by atoms with Crippen LogP contribution in [0.3, 0.4) is 0 Å². The SMILES string of the molecule is CSCc1cc(C(F)(F)F)cc(C(F)(F)F)c1. The minimum absolute atomic E-state index is 0.0136. The lowest BCUT2D eigenvalue weighted by Crippen LogP contribution is -2.11. The van der Waals surface area contributed by atoms with Crippen LogP contribution >= 0.6 is 11.8 Å². The molecule has 0 aliphatic rings. The van der Waals surface area contributed by atoms with E-state index in [4.69, 9.17) is 0 Å². The summed E-state index contributed by atoms with van der Waals surface area (Å²) in [6.45, 7) is 0. The molecule has 0 saturated heterocycles. The Bertz CT molecular complexity index is 361. The van der Waals surface area contributed by atoms with Crippen molar-refractivity contribution < 1.29 is 26.3 Å². The first kappa shape index (κ1) is 14.2. The first-order valence-electron chi connectivity index (χ1n) is 4.42. The highest BCUT2D eigenvalue weighted by Gasteiger charge is 2.36. The van der Waals surface area contributed by atoms with Crippen molar-refractivity contribution in [1.82, 2.24) is 0 Å². The number of hydrogen-bond acceptors (Lipinski definition) is 1. The van der Waals surface area contributed by atoms with Crippen LogP contribution < -0.4 is 0 Å². The predicted octanol–water partition coefficient (Wildman–Crippen LogP) is 4.59. The van der Waals surface area contributed by atoms with Crippen molar-refractivity contribution >= 4 is 11.8 Å². The Hall–Kier alpha value is -0.850. The Morgan fingerprint density at radius 3 is 1.59 bits per heavy atom. The van der Waals surface area contributed by atoms with E-state index in [0.717, 1.165) is 23.9 Å². The average Bonchev–Trinajstić information content (AvgIpc) is 2.15. The standard InChI is InChI=1S/C10H8F6S/c1-17-5-6-2-7(9(11,12)13)4-8(3-6)10(14,15)16/h2-4H,5H2,1H3. The van der Waals surface area contributed by atoms with Gasteiger partial charge in [0.05, 0.1) is 11.1 Å². The van der Waals surface area contributed by atoms with Gasteiger partial charge >= 0.3 is 12.4 Å². The molecule has 0 heterocycles. The fourth-order valence-corrected chi connectivity index (χ4v) is 1.77. The van der Waals surface area contributed by atoms with E-state index < -0.39 is 23.5 Å². The van der Waals surface area contributed by atoms with Crippen molar-refractivity contribution in [2.24, 2.45) is 0 Å². The second-order valence-electron chi connectivity index (χ2n) is 3.35. The van der Waals surface area contributed by atoms with Crippen LogP contribution in [0.1, 0.15) is 16.7 Å². The third-order valence-electron chi connectivity index (χ3n) is 1.96. The van der Waals surface area contributed by atoms with Gasteiger partial charge in [0.25, 0.3) is 0 Å². The molecule has 1 aromatic rings. The van der Waals surface area contributed by atoms with Crippen LogP contribution in [0, 0.1) is 0 Å². The first-order valence-corrected chi connectivity index (χ1v) is 5.81. The Morgan fingerprint density at radius 1 is 0.882 bits per heavy atom. The van der Waals surface area contributed by atoms with Gasteiger partial charge in [-0.15, -0.1) is 0 Å². The number of benzene rings is 1. The maximum Gasteiger partial charge on any atom is 0.416 e. The van der Waals surface area contributed by atoms with Crippen LogP contribution in [0.2, 0.25) is 0 Å². The van der Waals surface area contributed by atoms with Gasteiger partial charge in [-0.05, 0) is 30.0 Å². The Balaban J connectivity index is 3.29. The molecule has 0 saturated carbocycles. The summed E-state index contributed by atoms with van der Waals surface area (Å²) in [5.41, 5.74) is -2.52. The van der Waals surface area contributed by atoms with Gasteiger partial charge in [-0.25, -0.2) is 0 Å². The molecule has 0 fully saturated rings. The minimum atomic E-state index is -4.77. The zero-order valence-corrected chi connectivity index (χ0v) is 9.43. The van der Waals surface area contributed by atoms with Crippen molar-refractivity contribution in [1.29, 1.82) is 0 Å². The molecule has 1 aromatic carbocycles. The van der Waals surface area contributed by atoms with E-state index in [2.05, 4.69) is 0 Å². The van der Waals surface area contributed by atoms with Crippen LogP contribution in [0.4, 0.5) is 26.3 Å². The number of thioether (sulfide) groups is 1. The Morgan fingerprint density at radius 2 is 1.29 bits per heavy atom. The van der Waals surface area contributed by atoms with Gasteiger partial charge in [0, 0.05) is 5.75 Å². The summed E-state index contributed by atoms with van der Waals surface area (Å²) in [5.74, 6) is 0.104. The first-order chi connectivity index (χ1) is 7.64. The van der Waals surface area contributed by atoms with Crippen LogP contribution in [0.15, 0.2) is 18.2 Å². The molecule has 0 unspecified atom stereocenters. The average molecular weight is 274 g/mol. The molecular weight excluding hydrogens is 266 g/mol. The molecule has 0 aliphatic carbocycles. The summed E-state index contributed by atoms with van der Waals surface area (Å²) in [6, 6.07) is 1.61. The van der Waals surface area contributed by atoms with Crippen molar-refractivity contribution in [2.45, 2.75) is 18.1 Å². The molecule has 0 N–H and O–H groups in total. The summed E-state index contributed by atoms with van der Waals surface area (Å²) in [6.07, 6.45) is -7.93. The lowest BCUT2D eigenvalue weighted by molar-refractivity contribution is -0.143.